The van der Waals surface area contributed by atoms with Crippen LogP contribution in [0.1, 0.15) is 24.0 Å². The second-order valence-electron chi connectivity index (χ2n) is 3.24. The van der Waals surface area contributed by atoms with Crippen molar-refractivity contribution in [2.75, 3.05) is 0 Å². The zero-order valence-corrected chi connectivity index (χ0v) is 7.83. The van der Waals surface area contributed by atoms with E-state index in [-0.39, 0.29) is 6.04 Å². The average molecular weight is 165 g/mol. The second kappa shape index (κ2) is 3.63. The molecule has 1 unspecified atom stereocenters. The molecule has 0 radical (unpaired) electrons. The number of aryl methyl sites for hydroxylation is 2. The smallest absolute Gasteiger partial charge is 0.130 e. The number of hydrogen-bond donors (Lipinski definition) is 1. The molecule has 2 N–H and O–H groups in total. The van der Waals surface area contributed by atoms with Crippen LogP contribution in [0.15, 0.2) is 6.20 Å². The van der Waals surface area contributed by atoms with Crippen LogP contribution in [-0.4, -0.2) is 16.0 Å². The molecule has 1 aromatic heterocycles. The summed E-state index contributed by atoms with van der Waals surface area (Å²) in [7, 11) is 0. The molecule has 66 valence electrons. The Hall–Kier alpha value is -0.960. The third kappa shape index (κ3) is 2.27. The predicted octanol–water partition coefficient (Wildman–Crippen LogP) is 0.983. The molecule has 1 atom stereocenters. The average Bonchev–Trinajstić information content (AvgIpc) is 1.96. The summed E-state index contributed by atoms with van der Waals surface area (Å²) in [5.41, 5.74) is 7.80. The van der Waals surface area contributed by atoms with E-state index in [9.17, 15) is 0 Å². The van der Waals surface area contributed by atoms with Crippen molar-refractivity contribution in [1.82, 2.24) is 9.97 Å². The molecule has 1 rings (SSSR count). The Labute approximate surface area is 73.0 Å². The highest BCUT2D eigenvalue weighted by Crippen LogP contribution is 2.02. The van der Waals surface area contributed by atoms with Gasteiger partial charge < -0.3 is 5.73 Å². The van der Waals surface area contributed by atoms with Crippen molar-refractivity contribution >= 4 is 0 Å². The van der Waals surface area contributed by atoms with Crippen molar-refractivity contribution in [2.24, 2.45) is 5.73 Å². The van der Waals surface area contributed by atoms with E-state index in [1.54, 1.807) is 0 Å². The molecule has 0 aliphatic heterocycles. The number of nitrogens with zero attached hydrogens (tertiary/aromatic N) is 2. The van der Waals surface area contributed by atoms with Crippen molar-refractivity contribution < 1.29 is 0 Å². The number of aromatic nitrogens is 2. The van der Waals surface area contributed by atoms with Crippen LogP contribution in [0.4, 0.5) is 0 Å². The molecule has 1 aromatic rings. The molecule has 0 spiro atoms. The van der Waals surface area contributed by atoms with Gasteiger partial charge >= 0.3 is 0 Å². The highest BCUT2D eigenvalue weighted by molar-refractivity contribution is 5.13. The van der Waals surface area contributed by atoms with Crippen molar-refractivity contribution in [3.05, 3.63) is 23.3 Å². The summed E-state index contributed by atoms with van der Waals surface area (Å²) in [4.78, 5) is 8.51. The molecule has 0 aromatic carbocycles. The van der Waals surface area contributed by atoms with E-state index in [1.807, 2.05) is 27.0 Å². The minimum atomic E-state index is 0.132. The molecule has 0 saturated carbocycles. The topological polar surface area (TPSA) is 51.8 Å². The van der Waals surface area contributed by atoms with Crippen molar-refractivity contribution in [3.8, 4) is 0 Å². The van der Waals surface area contributed by atoms with Crippen LogP contribution >= 0.6 is 0 Å². The molecule has 0 bridgehead atoms. The first-order valence-electron chi connectivity index (χ1n) is 4.14. The predicted molar refractivity (Wildman–Crippen MR) is 48.9 cm³/mol. The summed E-state index contributed by atoms with van der Waals surface area (Å²) >= 11 is 0. The lowest BCUT2D eigenvalue weighted by atomic mass is 10.2. The van der Waals surface area contributed by atoms with Gasteiger partial charge in [-0.1, -0.05) is 0 Å². The molecule has 3 heteroatoms. The van der Waals surface area contributed by atoms with E-state index in [2.05, 4.69) is 9.97 Å². The van der Waals surface area contributed by atoms with Gasteiger partial charge in [-0.25, -0.2) is 9.97 Å². The number of rotatable bonds is 2. The lowest BCUT2D eigenvalue weighted by molar-refractivity contribution is 0.697. The van der Waals surface area contributed by atoms with Crippen LogP contribution in [0.3, 0.4) is 0 Å². The molecular weight excluding hydrogens is 150 g/mol. The van der Waals surface area contributed by atoms with Gasteiger partial charge in [0.1, 0.15) is 5.82 Å². The van der Waals surface area contributed by atoms with Gasteiger partial charge in [0.2, 0.25) is 0 Å². The maximum Gasteiger partial charge on any atom is 0.130 e. The van der Waals surface area contributed by atoms with E-state index < -0.39 is 0 Å². The maximum absolute atomic E-state index is 5.63. The van der Waals surface area contributed by atoms with Crippen LogP contribution in [0.5, 0.6) is 0 Å². The monoisotopic (exact) mass is 165 g/mol. The fourth-order valence-corrected chi connectivity index (χ4v) is 0.962. The first-order chi connectivity index (χ1) is 5.59. The first kappa shape index (κ1) is 9.13. The zero-order valence-electron chi connectivity index (χ0n) is 7.83. The molecule has 0 amide bonds. The van der Waals surface area contributed by atoms with Crippen LogP contribution in [0, 0.1) is 13.8 Å². The van der Waals surface area contributed by atoms with Gasteiger partial charge in [-0.2, -0.15) is 0 Å². The van der Waals surface area contributed by atoms with Crippen molar-refractivity contribution in [1.29, 1.82) is 0 Å². The summed E-state index contributed by atoms with van der Waals surface area (Å²) in [5.74, 6) is 0.841. The van der Waals surface area contributed by atoms with Gasteiger partial charge in [0.25, 0.3) is 0 Å². The molecule has 0 fully saturated rings. The van der Waals surface area contributed by atoms with E-state index in [4.69, 9.17) is 5.73 Å². The Morgan fingerprint density at radius 1 is 1.50 bits per heavy atom. The zero-order chi connectivity index (χ0) is 9.14. The number of hydrogen-bond acceptors (Lipinski definition) is 3. The quantitative estimate of drug-likeness (QED) is 0.710. The van der Waals surface area contributed by atoms with Crippen molar-refractivity contribution in [3.63, 3.8) is 0 Å². The fraction of sp³-hybridized carbons (Fsp3) is 0.556. The molecular formula is C9H15N3. The summed E-state index contributed by atoms with van der Waals surface area (Å²) in [5, 5.41) is 0. The SMILES string of the molecule is Cc1cnc(CC(C)N)nc1C. The van der Waals surface area contributed by atoms with E-state index in [1.165, 1.54) is 0 Å². The molecule has 3 nitrogen and oxygen atoms in total. The molecule has 1 heterocycles. The Bertz CT molecular complexity index is 268. The summed E-state index contributed by atoms with van der Waals surface area (Å²) in [6.07, 6.45) is 2.60. The fourth-order valence-electron chi connectivity index (χ4n) is 0.962. The van der Waals surface area contributed by atoms with Crippen LogP contribution < -0.4 is 5.73 Å². The van der Waals surface area contributed by atoms with Crippen LogP contribution in [-0.2, 0) is 6.42 Å². The van der Waals surface area contributed by atoms with E-state index in [0.717, 1.165) is 23.5 Å². The third-order valence-corrected chi connectivity index (χ3v) is 1.78. The van der Waals surface area contributed by atoms with E-state index in [0.29, 0.717) is 0 Å². The highest BCUT2D eigenvalue weighted by atomic mass is 14.9. The summed E-state index contributed by atoms with van der Waals surface area (Å²) < 4.78 is 0. The normalized spacial score (nSPS) is 13.0. The third-order valence-electron chi connectivity index (χ3n) is 1.78. The van der Waals surface area contributed by atoms with E-state index >= 15 is 0 Å². The first-order valence-corrected chi connectivity index (χ1v) is 4.14. The largest absolute Gasteiger partial charge is 0.328 e. The maximum atomic E-state index is 5.63. The molecule has 0 saturated heterocycles. The van der Waals surface area contributed by atoms with Gasteiger partial charge in [0.05, 0.1) is 0 Å². The summed E-state index contributed by atoms with van der Waals surface area (Å²) in [6, 6.07) is 0.132. The van der Waals surface area contributed by atoms with Gasteiger partial charge in [0.15, 0.2) is 0 Å². The lowest BCUT2D eigenvalue weighted by Crippen LogP contribution is -2.19. The Morgan fingerprint density at radius 3 is 2.67 bits per heavy atom. The standard InChI is InChI=1S/C9H15N3/c1-6-5-11-9(4-7(2)10)12-8(6)3/h5,7H,4,10H2,1-3H3. The van der Waals surface area contributed by atoms with Crippen LogP contribution in [0.25, 0.3) is 0 Å². The van der Waals surface area contributed by atoms with Crippen molar-refractivity contribution in [2.45, 2.75) is 33.2 Å². The Morgan fingerprint density at radius 2 is 2.17 bits per heavy atom. The molecule has 0 aliphatic rings. The minimum absolute atomic E-state index is 0.132. The minimum Gasteiger partial charge on any atom is -0.328 e. The summed E-state index contributed by atoms with van der Waals surface area (Å²) in [6.45, 7) is 5.95. The van der Waals surface area contributed by atoms with Gasteiger partial charge in [-0.3, -0.25) is 0 Å². The van der Waals surface area contributed by atoms with Gasteiger partial charge in [0, 0.05) is 24.4 Å². The second-order valence-corrected chi connectivity index (χ2v) is 3.24. The molecule has 12 heavy (non-hydrogen) atoms. The Kier molecular flexibility index (Phi) is 2.76. The molecule has 0 aliphatic carbocycles. The van der Waals surface area contributed by atoms with Crippen LogP contribution in [0.2, 0.25) is 0 Å². The van der Waals surface area contributed by atoms with Gasteiger partial charge in [-0.15, -0.1) is 0 Å². The van der Waals surface area contributed by atoms with Gasteiger partial charge in [-0.05, 0) is 26.3 Å². The Balaban J connectivity index is 2.82. The highest BCUT2D eigenvalue weighted by Gasteiger charge is 2.02. The lowest BCUT2D eigenvalue weighted by Gasteiger charge is -2.05. The number of nitrogens with two attached hydrogens (primary N) is 1.